The molecular formula is C51H40B5N5. The molecule has 0 spiro atoms. The van der Waals surface area contributed by atoms with Gasteiger partial charge in [0.1, 0.15) is 39.2 Å². The molecule has 11 rings (SSSR count). The van der Waals surface area contributed by atoms with E-state index in [4.69, 9.17) is 15.0 Å². The molecule has 61 heavy (non-hydrogen) atoms. The standard InChI is InChI=1S/C51H40B5N5/c52-42-41(43(53)45(55)46(56)44(42)54)50-57-49(32-24-22-31(23-25-32)29-12-3-1-4-13-29)58-51(59-50)61-40-21-10-8-19-36(40)38-27-26-37-35-18-7-9-20-39(35)60(47(37)48(38)61)34-17-11-16-33(28-34)30-14-5-2-6-15-30/h1-17,19-28,35H,18,52-56H2. The van der Waals surface area contributed by atoms with Gasteiger partial charge in [-0.2, -0.15) is 9.97 Å². The summed E-state index contributed by atoms with van der Waals surface area (Å²) in [6, 6.07) is 52.1. The molecule has 10 heteroatoms. The lowest BCUT2D eigenvalue weighted by Crippen LogP contribution is -2.55. The number of fused-ring (bicyclic) bond motifs is 7. The highest BCUT2D eigenvalue weighted by Crippen LogP contribution is 2.55. The Morgan fingerprint density at radius 3 is 1.85 bits per heavy atom. The van der Waals surface area contributed by atoms with E-state index >= 15 is 0 Å². The van der Waals surface area contributed by atoms with Crippen molar-refractivity contribution in [1.29, 1.82) is 0 Å². The average molecular weight is 777 g/mol. The highest BCUT2D eigenvalue weighted by Gasteiger charge is 2.38. The summed E-state index contributed by atoms with van der Waals surface area (Å²) in [6.07, 6.45) is 7.74. The van der Waals surface area contributed by atoms with Gasteiger partial charge in [0.05, 0.1) is 16.7 Å². The van der Waals surface area contributed by atoms with E-state index in [1.54, 1.807) is 0 Å². The molecule has 5 nitrogen and oxygen atoms in total. The van der Waals surface area contributed by atoms with Crippen LogP contribution in [0.15, 0.2) is 170 Å². The Bertz CT molecular complexity index is 3260. The van der Waals surface area contributed by atoms with Crippen LogP contribution >= 0.6 is 0 Å². The number of nitrogens with zero attached hydrogens (tertiary/aromatic N) is 5. The summed E-state index contributed by atoms with van der Waals surface area (Å²) >= 11 is 0. The van der Waals surface area contributed by atoms with Gasteiger partial charge in [-0.15, -0.1) is 16.4 Å². The highest BCUT2D eigenvalue weighted by atomic mass is 15.2. The Morgan fingerprint density at radius 2 is 1.11 bits per heavy atom. The topological polar surface area (TPSA) is 46.8 Å². The first-order chi connectivity index (χ1) is 29.9. The van der Waals surface area contributed by atoms with Crippen molar-refractivity contribution in [1.82, 2.24) is 19.5 Å². The molecule has 2 aromatic heterocycles. The van der Waals surface area contributed by atoms with E-state index in [-0.39, 0.29) is 5.92 Å². The molecule has 1 atom stereocenters. The molecule has 1 unspecified atom stereocenters. The SMILES string of the molecule is Bc1c(B)c(B)c(-c2nc(-c3ccc(-c4ccccc4)cc3)nc(-n3c4ccccc4c4ccc5c(c43)N(c3cccc(-c4ccccc4)c3)C3=CC=CCC35)n2)c(B)c1B. The Kier molecular flexibility index (Phi) is 8.85. The van der Waals surface area contributed by atoms with Crippen LogP contribution < -0.4 is 32.2 Å². The predicted molar refractivity (Wildman–Crippen MR) is 270 cm³/mol. The zero-order chi connectivity index (χ0) is 41.4. The molecule has 284 valence electrons. The summed E-state index contributed by atoms with van der Waals surface area (Å²) < 4.78 is 2.31. The zero-order valence-electron chi connectivity index (χ0n) is 35.1. The Hall–Kier alpha value is -7.05. The van der Waals surface area contributed by atoms with E-state index in [0.29, 0.717) is 17.6 Å². The van der Waals surface area contributed by atoms with Crippen molar-refractivity contribution >= 4 is 99.7 Å². The maximum absolute atomic E-state index is 5.53. The maximum Gasteiger partial charge on any atom is 0.238 e. The highest BCUT2D eigenvalue weighted by molar-refractivity contribution is 6.68. The van der Waals surface area contributed by atoms with Crippen LogP contribution in [0.2, 0.25) is 0 Å². The molecule has 0 amide bonds. The summed E-state index contributed by atoms with van der Waals surface area (Å²) in [6.45, 7) is 0. The smallest absolute Gasteiger partial charge is 0.238 e. The normalized spacial score (nSPS) is 14.3. The van der Waals surface area contributed by atoms with Crippen LogP contribution in [0.3, 0.4) is 0 Å². The van der Waals surface area contributed by atoms with Crippen molar-refractivity contribution in [2.45, 2.75) is 12.3 Å². The van der Waals surface area contributed by atoms with Crippen LogP contribution in [0.4, 0.5) is 11.4 Å². The second-order valence-corrected chi connectivity index (χ2v) is 16.5. The summed E-state index contributed by atoms with van der Waals surface area (Å²) in [5.41, 5.74) is 20.0. The third-order valence-electron chi connectivity index (χ3n) is 13.3. The third kappa shape index (κ3) is 5.95. The lowest BCUT2D eigenvalue weighted by molar-refractivity contribution is 0.820. The minimum Gasteiger partial charge on any atom is -0.311 e. The van der Waals surface area contributed by atoms with Crippen LogP contribution in [0.25, 0.3) is 72.8 Å². The Balaban J connectivity index is 1.20. The molecule has 3 heterocycles. The van der Waals surface area contributed by atoms with Crippen molar-refractivity contribution in [2.24, 2.45) is 0 Å². The van der Waals surface area contributed by atoms with Gasteiger partial charge in [-0.1, -0.05) is 150 Å². The fourth-order valence-electron chi connectivity index (χ4n) is 9.76. The zero-order valence-corrected chi connectivity index (χ0v) is 35.1. The first kappa shape index (κ1) is 37.0. The lowest BCUT2D eigenvalue weighted by Gasteiger charge is -2.26. The lowest BCUT2D eigenvalue weighted by atomic mass is 9.60. The van der Waals surface area contributed by atoms with E-state index < -0.39 is 0 Å². The Morgan fingerprint density at radius 1 is 0.508 bits per heavy atom. The fourth-order valence-corrected chi connectivity index (χ4v) is 9.76. The Labute approximate surface area is 361 Å². The van der Waals surface area contributed by atoms with Crippen molar-refractivity contribution in [3.63, 3.8) is 0 Å². The van der Waals surface area contributed by atoms with E-state index in [1.807, 2.05) is 0 Å². The average Bonchev–Trinajstić information content (AvgIpc) is 3.84. The van der Waals surface area contributed by atoms with Crippen LogP contribution in [0.5, 0.6) is 0 Å². The quantitative estimate of drug-likeness (QED) is 0.240. The third-order valence-corrected chi connectivity index (χ3v) is 13.3. The molecule has 0 fully saturated rings. The van der Waals surface area contributed by atoms with Gasteiger partial charge in [-0.3, -0.25) is 4.57 Å². The number of hydrogen-bond acceptors (Lipinski definition) is 4. The summed E-state index contributed by atoms with van der Waals surface area (Å²) in [5, 5.41) is 2.32. The monoisotopic (exact) mass is 777 g/mol. The number of benzene rings is 7. The van der Waals surface area contributed by atoms with Crippen molar-refractivity contribution in [2.75, 3.05) is 4.90 Å². The van der Waals surface area contributed by atoms with Crippen LogP contribution in [0, 0.1) is 0 Å². The van der Waals surface area contributed by atoms with Crippen LogP contribution in [-0.2, 0) is 0 Å². The first-order valence-corrected chi connectivity index (χ1v) is 21.2. The molecule has 0 bridgehead atoms. The molecular weight excluding hydrogens is 737 g/mol. The molecule has 7 aromatic carbocycles. The molecule has 0 saturated carbocycles. The van der Waals surface area contributed by atoms with Crippen molar-refractivity contribution < 1.29 is 0 Å². The largest absolute Gasteiger partial charge is 0.311 e. The van der Waals surface area contributed by atoms with Gasteiger partial charge in [0.15, 0.2) is 11.6 Å². The number of aromatic nitrogens is 4. The van der Waals surface area contributed by atoms with E-state index in [9.17, 15) is 0 Å². The molecule has 9 aromatic rings. The van der Waals surface area contributed by atoms with Crippen molar-refractivity contribution in [3.05, 3.63) is 175 Å². The molecule has 0 saturated heterocycles. The molecule has 0 N–H and O–H groups in total. The first-order valence-electron chi connectivity index (χ1n) is 21.2. The van der Waals surface area contributed by atoms with Gasteiger partial charge in [-0.05, 0) is 58.5 Å². The molecule has 0 radical (unpaired) electrons. The summed E-state index contributed by atoms with van der Waals surface area (Å²) in [5.74, 6) is 2.13. The number of allylic oxidation sites excluding steroid dienone is 4. The maximum atomic E-state index is 5.53. The number of para-hydroxylation sites is 1. The summed E-state index contributed by atoms with van der Waals surface area (Å²) in [4.78, 5) is 18.8. The second kappa shape index (κ2) is 14.6. The van der Waals surface area contributed by atoms with Gasteiger partial charge < -0.3 is 4.90 Å². The van der Waals surface area contributed by atoms with E-state index in [0.717, 1.165) is 50.6 Å². The molecule has 2 aliphatic rings. The molecule has 1 aliphatic heterocycles. The van der Waals surface area contributed by atoms with Crippen LogP contribution in [0.1, 0.15) is 17.9 Å². The van der Waals surface area contributed by atoms with Crippen LogP contribution in [-0.4, -0.2) is 58.8 Å². The predicted octanol–water partition coefficient (Wildman–Crippen LogP) is 4.01. The fraction of sp³-hybridized carbons (Fsp3) is 0.0392. The number of anilines is 2. The van der Waals surface area contributed by atoms with Gasteiger partial charge in [0, 0.05) is 39.2 Å². The second-order valence-electron chi connectivity index (χ2n) is 16.5. The molecule has 1 aliphatic carbocycles. The van der Waals surface area contributed by atoms with Gasteiger partial charge in [0.2, 0.25) is 5.95 Å². The summed E-state index contributed by atoms with van der Waals surface area (Å²) in [7, 11) is 11.1. The van der Waals surface area contributed by atoms with Gasteiger partial charge in [-0.25, -0.2) is 4.98 Å². The minimum atomic E-state index is 0.215. The van der Waals surface area contributed by atoms with Gasteiger partial charge >= 0.3 is 0 Å². The van der Waals surface area contributed by atoms with Crippen molar-refractivity contribution in [3.8, 4) is 51.0 Å². The number of hydrogen-bond donors (Lipinski definition) is 0. The van der Waals surface area contributed by atoms with Gasteiger partial charge in [0.25, 0.3) is 0 Å². The number of rotatable bonds is 6. The van der Waals surface area contributed by atoms with E-state index in [2.05, 4.69) is 213 Å². The minimum absolute atomic E-state index is 0.215. The van der Waals surface area contributed by atoms with E-state index in [1.165, 1.54) is 61.0 Å².